The first-order valence-electron chi connectivity index (χ1n) is 24.0. The summed E-state index contributed by atoms with van der Waals surface area (Å²) in [4.78, 5) is 9.98. The highest BCUT2D eigenvalue weighted by atomic mass is 16.3. The fraction of sp³-hybridized carbons (Fsp3) is 0.176. The summed E-state index contributed by atoms with van der Waals surface area (Å²) in [6.07, 6.45) is 1.64. The Hall–Kier alpha value is -6.26. The number of hydrogen-bond acceptors (Lipinski definition) is 3. The molecule has 0 atom stereocenters. The summed E-state index contributed by atoms with van der Waals surface area (Å²) in [5.74, 6) is 0.409. The third-order valence-corrected chi connectivity index (χ3v) is 9.99. The number of rotatable bonds is 6. The van der Waals surface area contributed by atoms with E-state index in [9.17, 15) is 5.11 Å². The van der Waals surface area contributed by atoms with Gasteiger partial charge in [-0.1, -0.05) is 132 Å². The van der Waals surface area contributed by atoms with Gasteiger partial charge < -0.3 is 5.11 Å². The zero-order chi connectivity index (χ0) is 48.5. The molecular formula is C51H47N3O. The van der Waals surface area contributed by atoms with Crippen LogP contribution >= 0.6 is 0 Å². The molecule has 8 rings (SSSR count). The van der Waals surface area contributed by atoms with Gasteiger partial charge in [0.1, 0.15) is 11.6 Å². The van der Waals surface area contributed by atoms with E-state index in [-0.39, 0.29) is 22.3 Å². The maximum absolute atomic E-state index is 11.2. The number of pyridine rings is 1. The third kappa shape index (κ3) is 6.97. The number of nitrogens with zero attached hydrogens (tertiary/aromatic N) is 3. The second-order valence-corrected chi connectivity index (χ2v) is 14.9. The van der Waals surface area contributed by atoms with Crippen molar-refractivity contribution in [3.8, 4) is 67.5 Å². The molecule has 2 heterocycles. The number of fused-ring (bicyclic) bond motifs is 1. The molecule has 6 aromatic carbocycles. The maximum Gasteiger partial charge on any atom is 0.149 e. The van der Waals surface area contributed by atoms with E-state index in [4.69, 9.17) is 26.4 Å². The van der Waals surface area contributed by atoms with Crippen LogP contribution in [0.4, 0.5) is 0 Å². The highest BCUT2D eigenvalue weighted by Gasteiger charge is 2.23. The number of benzene rings is 6. The molecule has 55 heavy (non-hydrogen) atoms. The smallest absolute Gasteiger partial charge is 0.149 e. The van der Waals surface area contributed by atoms with Gasteiger partial charge in [0.15, 0.2) is 0 Å². The van der Waals surface area contributed by atoms with E-state index in [2.05, 4.69) is 32.9 Å². The number of hydrogen-bond donors (Lipinski definition) is 1. The van der Waals surface area contributed by atoms with E-state index in [1.165, 1.54) is 24.3 Å². The molecule has 0 amide bonds. The van der Waals surface area contributed by atoms with Crippen molar-refractivity contribution in [3.05, 3.63) is 168 Å². The minimum absolute atomic E-state index is 0.00123. The zero-order valence-corrected chi connectivity index (χ0v) is 30.7. The van der Waals surface area contributed by atoms with Crippen LogP contribution in [-0.4, -0.2) is 19.6 Å². The number of phenols is 1. The highest BCUT2D eigenvalue weighted by molar-refractivity contribution is 5.97. The Labute approximate surface area is 341 Å². The number of aryl methyl sites for hydroxylation is 1. The fourth-order valence-electron chi connectivity index (χ4n) is 7.02. The van der Waals surface area contributed by atoms with Crippen LogP contribution in [0, 0.1) is 6.85 Å². The van der Waals surface area contributed by atoms with Crippen LogP contribution in [0.25, 0.3) is 72.7 Å². The summed E-state index contributed by atoms with van der Waals surface area (Å²) >= 11 is 0. The van der Waals surface area contributed by atoms with Crippen molar-refractivity contribution in [2.75, 3.05) is 0 Å². The van der Waals surface area contributed by atoms with Crippen LogP contribution in [0.1, 0.15) is 74.5 Å². The topological polar surface area (TPSA) is 50.9 Å². The average molecular weight is 730 g/mol. The Morgan fingerprint density at radius 3 is 2.05 bits per heavy atom. The maximum atomic E-state index is 11.2. The molecule has 272 valence electrons. The second kappa shape index (κ2) is 13.9. The van der Waals surface area contributed by atoms with E-state index < -0.39 is 32.8 Å². The van der Waals surface area contributed by atoms with E-state index in [0.717, 1.165) is 27.8 Å². The van der Waals surface area contributed by atoms with Crippen LogP contribution in [0.3, 0.4) is 0 Å². The van der Waals surface area contributed by atoms with Crippen LogP contribution < -0.4 is 0 Å². The Balaban J connectivity index is 1.29. The SMILES string of the molecule is [2H]C([2H])([2H])c1cc(-n2c(-c3ccccc3O)nc3c(-c4cc(-c5cc(-c6ccc(C(C([2H])([2H])[2H])(C([2H])([2H])[2H])C([2H])([2H])[2H])cc6)ccn5)cc(C(C)(C)C)c4)cccc32)ccc1-c1ccccc1. The van der Waals surface area contributed by atoms with Gasteiger partial charge in [-0.05, 0) is 117 Å². The zero-order valence-electron chi connectivity index (χ0n) is 42.7. The van der Waals surface area contributed by atoms with E-state index in [1.807, 2.05) is 77.4 Å². The van der Waals surface area contributed by atoms with Crippen molar-refractivity contribution >= 4 is 11.0 Å². The Bertz CT molecular complexity index is 3090. The van der Waals surface area contributed by atoms with E-state index in [0.29, 0.717) is 50.5 Å². The number of phenolic OH excluding ortho intramolecular Hbond substituents is 1. The van der Waals surface area contributed by atoms with E-state index in [1.54, 1.807) is 42.6 Å². The van der Waals surface area contributed by atoms with Crippen LogP contribution in [0.5, 0.6) is 5.75 Å². The molecule has 0 spiro atoms. The number of para-hydroxylation sites is 2. The van der Waals surface area contributed by atoms with Gasteiger partial charge >= 0.3 is 0 Å². The molecule has 8 aromatic rings. The van der Waals surface area contributed by atoms with Gasteiger partial charge in [-0.15, -0.1) is 0 Å². The van der Waals surface area contributed by atoms with Crippen molar-refractivity contribution < 1.29 is 21.6 Å². The van der Waals surface area contributed by atoms with Gasteiger partial charge in [0.05, 0.1) is 22.3 Å². The van der Waals surface area contributed by atoms with Crippen molar-refractivity contribution in [2.24, 2.45) is 0 Å². The molecule has 4 nitrogen and oxygen atoms in total. The lowest BCUT2D eigenvalue weighted by atomic mass is 9.83. The van der Waals surface area contributed by atoms with Gasteiger partial charge in [0.2, 0.25) is 0 Å². The molecule has 0 saturated carbocycles. The molecule has 0 fully saturated rings. The summed E-state index contributed by atoms with van der Waals surface area (Å²) in [7, 11) is 0. The van der Waals surface area contributed by atoms with Crippen molar-refractivity contribution in [1.29, 1.82) is 0 Å². The number of aromatic hydroxyl groups is 1. The van der Waals surface area contributed by atoms with Crippen LogP contribution in [0.2, 0.25) is 0 Å². The Kier molecular flexibility index (Phi) is 6.10. The summed E-state index contributed by atoms with van der Waals surface area (Å²) in [5, 5.41) is 11.2. The summed E-state index contributed by atoms with van der Waals surface area (Å²) in [6, 6.07) is 42.8. The van der Waals surface area contributed by atoms with Crippen LogP contribution in [-0.2, 0) is 10.8 Å². The van der Waals surface area contributed by atoms with Crippen molar-refractivity contribution in [1.82, 2.24) is 14.5 Å². The fourth-order valence-corrected chi connectivity index (χ4v) is 7.02. The lowest BCUT2D eigenvalue weighted by Gasteiger charge is -2.22. The van der Waals surface area contributed by atoms with Gasteiger partial charge in [-0.25, -0.2) is 4.98 Å². The number of imidazole rings is 1. The Morgan fingerprint density at radius 1 is 0.564 bits per heavy atom. The van der Waals surface area contributed by atoms with Crippen LogP contribution in [0.15, 0.2) is 152 Å². The summed E-state index contributed by atoms with van der Waals surface area (Å²) in [6.45, 7) is -6.29. The predicted molar refractivity (Wildman–Crippen MR) is 230 cm³/mol. The van der Waals surface area contributed by atoms with Gasteiger partial charge in [0.25, 0.3) is 0 Å². The number of aromatic nitrogens is 3. The first kappa shape index (κ1) is 24.2. The average Bonchev–Trinajstić information content (AvgIpc) is 3.64. The van der Waals surface area contributed by atoms with Gasteiger partial charge in [-0.3, -0.25) is 9.55 Å². The van der Waals surface area contributed by atoms with Crippen molar-refractivity contribution in [3.63, 3.8) is 0 Å². The molecule has 0 aliphatic carbocycles. The molecule has 0 bridgehead atoms. The first-order valence-corrected chi connectivity index (χ1v) is 18.0. The van der Waals surface area contributed by atoms with Crippen molar-refractivity contribution in [2.45, 2.75) is 59.0 Å². The standard InChI is InChI=1S/C51H47N3O/c1-33-28-41(24-25-42(33)35-14-9-8-10-15-35)54-46-18-13-17-43(48(46)53-49(54)44-16-11-12-19-47(44)55)37-29-38(31-40(30-37)51(5,6)7)45-32-36(26-27-52-45)34-20-22-39(23-21-34)50(2,3)4/h8-32,55H,1-7H3/i1D3,2D3,3D3,4D3. The molecule has 0 unspecified atom stereocenters. The monoisotopic (exact) mass is 729 g/mol. The molecule has 0 saturated heterocycles. The first-order chi connectivity index (χ1) is 31.3. The molecule has 1 N–H and O–H groups in total. The van der Waals surface area contributed by atoms with E-state index >= 15 is 0 Å². The molecule has 0 radical (unpaired) electrons. The third-order valence-electron chi connectivity index (χ3n) is 9.99. The molecule has 0 aliphatic heterocycles. The predicted octanol–water partition coefficient (Wildman–Crippen LogP) is 13.4. The molecular weight excluding hydrogens is 671 g/mol. The minimum Gasteiger partial charge on any atom is -0.507 e. The molecule has 0 aliphatic rings. The Morgan fingerprint density at radius 2 is 1.31 bits per heavy atom. The highest BCUT2D eigenvalue weighted by Crippen LogP contribution is 2.40. The molecule has 2 aromatic heterocycles. The summed E-state index contributed by atoms with van der Waals surface area (Å²) in [5.41, 5.74) is 5.19. The quantitative estimate of drug-likeness (QED) is 0.185. The summed E-state index contributed by atoms with van der Waals surface area (Å²) < 4.78 is 101. The minimum atomic E-state index is -3.38. The normalized spacial score (nSPS) is 16.1. The van der Waals surface area contributed by atoms with Gasteiger partial charge in [-0.2, -0.15) is 0 Å². The van der Waals surface area contributed by atoms with Gasteiger partial charge in [0, 0.05) is 39.5 Å². The lowest BCUT2D eigenvalue weighted by Crippen LogP contribution is -2.11. The molecule has 4 heteroatoms. The lowest BCUT2D eigenvalue weighted by molar-refractivity contribution is 0.477. The largest absolute Gasteiger partial charge is 0.507 e. The second-order valence-electron chi connectivity index (χ2n) is 14.9.